The summed E-state index contributed by atoms with van der Waals surface area (Å²) in [7, 11) is 0. The molecule has 2 nitrogen and oxygen atoms in total. The first-order valence-electron chi connectivity index (χ1n) is 3.91. The highest BCUT2D eigenvalue weighted by Crippen LogP contribution is 2.25. The summed E-state index contributed by atoms with van der Waals surface area (Å²) in [6.07, 6.45) is -2.49. The maximum absolute atomic E-state index is 12.4. The molecule has 0 unspecified atom stereocenters. The van der Waals surface area contributed by atoms with Crippen molar-refractivity contribution in [1.29, 1.82) is 0 Å². The van der Waals surface area contributed by atoms with Crippen molar-refractivity contribution >= 4 is 10.9 Å². The Morgan fingerprint density at radius 3 is 2.85 bits per heavy atom. The molecule has 0 radical (unpaired) electrons. The molecular formula is C9H8F2N2. The largest absolute Gasteiger partial charge is 0.280 e. The summed E-state index contributed by atoms with van der Waals surface area (Å²) in [5.74, 6) is 0. The van der Waals surface area contributed by atoms with Gasteiger partial charge in [0.25, 0.3) is 6.43 Å². The van der Waals surface area contributed by atoms with Crippen LogP contribution in [0.25, 0.3) is 10.9 Å². The Kier molecular flexibility index (Phi) is 1.76. The lowest BCUT2D eigenvalue weighted by atomic mass is 10.1. The Morgan fingerprint density at radius 2 is 2.15 bits per heavy atom. The van der Waals surface area contributed by atoms with Gasteiger partial charge in [0.15, 0.2) is 0 Å². The molecule has 0 saturated carbocycles. The van der Waals surface area contributed by atoms with E-state index < -0.39 is 6.43 Å². The molecule has 0 atom stereocenters. The lowest BCUT2D eigenvalue weighted by Crippen LogP contribution is -1.84. The molecule has 0 aliphatic heterocycles. The van der Waals surface area contributed by atoms with Gasteiger partial charge in [-0.1, -0.05) is 11.6 Å². The van der Waals surface area contributed by atoms with Crippen molar-refractivity contribution in [2.24, 2.45) is 0 Å². The summed E-state index contributed by atoms with van der Waals surface area (Å²) in [6.45, 7) is 1.86. The van der Waals surface area contributed by atoms with Crippen LogP contribution in [-0.2, 0) is 0 Å². The second kappa shape index (κ2) is 2.80. The van der Waals surface area contributed by atoms with Crippen LogP contribution in [0.4, 0.5) is 8.78 Å². The first-order chi connectivity index (χ1) is 6.18. The van der Waals surface area contributed by atoms with Crippen molar-refractivity contribution in [3.05, 3.63) is 29.5 Å². The van der Waals surface area contributed by atoms with Gasteiger partial charge in [0.2, 0.25) is 0 Å². The fourth-order valence-corrected chi connectivity index (χ4v) is 1.31. The smallest absolute Gasteiger partial charge is 0.276 e. The number of alkyl halides is 2. The van der Waals surface area contributed by atoms with Crippen LogP contribution in [0.5, 0.6) is 0 Å². The molecule has 0 amide bonds. The topological polar surface area (TPSA) is 28.7 Å². The summed E-state index contributed by atoms with van der Waals surface area (Å²) in [4.78, 5) is 0. The molecule has 0 bridgehead atoms. The molecule has 1 heterocycles. The predicted octanol–water partition coefficient (Wildman–Crippen LogP) is 2.81. The monoisotopic (exact) mass is 182 g/mol. The summed E-state index contributed by atoms with van der Waals surface area (Å²) in [5.41, 5.74) is 1.44. The number of fused-ring (bicyclic) bond motifs is 1. The van der Waals surface area contributed by atoms with E-state index in [1.165, 1.54) is 0 Å². The van der Waals surface area contributed by atoms with Gasteiger partial charge < -0.3 is 0 Å². The number of nitrogens with zero attached hydrogens (tertiary/aromatic N) is 1. The van der Waals surface area contributed by atoms with E-state index in [4.69, 9.17) is 0 Å². The van der Waals surface area contributed by atoms with Crippen LogP contribution in [-0.4, -0.2) is 10.2 Å². The maximum Gasteiger partial charge on any atom is 0.280 e. The Bertz CT molecular complexity index is 434. The zero-order valence-electron chi connectivity index (χ0n) is 7.01. The normalized spacial score (nSPS) is 11.4. The van der Waals surface area contributed by atoms with Gasteiger partial charge in [0, 0.05) is 5.39 Å². The van der Waals surface area contributed by atoms with Crippen molar-refractivity contribution in [3.63, 3.8) is 0 Å². The van der Waals surface area contributed by atoms with E-state index in [1.54, 1.807) is 12.1 Å². The fourth-order valence-electron chi connectivity index (χ4n) is 1.31. The Balaban J connectivity index is 2.71. The van der Waals surface area contributed by atoms with Crippen molar-refractivity contribution in [1.82, 2.24) is 10.2 Å². The maximum atomic E-state index is 12.4. The van der Waals surface area contributed by atoms with E-state index >= 15 is 0 Å². The summed E-state index contributed by atoms with van der Waals surface area (Å²) in [6, 6.07) is 5.28. The molecule has 0 spiro atoms. The lowest BCUT2D eigenvalue weighted by Gasteiger charge is -1.95. The van der Waals surface area contributed by atoms with Gasteiger partial charge in [-0.15, -0.1) is 0 Å². The number of aromatic amines is 1. The highest BCUT2D eigenvalue weighted by molar-refractivity contribution is 5.82. The van der Waals surface area contributed by atoms with Gasteiger partial charge in [-0.2, -0.15) is 5.10 Å². The van der Waals surface area contributed by atoms with E-state index in [0.29, 0.717) is 10.9 Å². The molecule has 0 aliphatic carbocycles. The second-order valence-electron chi connectivity index (χ2n) is 2.96. The minimum atomic E-state index is -2.49. The van der Waals surface area contributed by atoms with Gasteiger partial charge in [-0.3, -0.25) is 5.10 Å². The average molecular weight is 182 g/mol. The standard InChI is InChI=1S/C9H8F2N2/c1-5-2-3-7-6(4-5)8(9(10)11)13-12-7/h2-4,9H,1H3,(H,12,13). The molecule has 2 aromatic rings. The number of nitrogens with one attached hydrogen (secondary N) is 1. The average Bonchev–Trinajstić information content (AvgIpc) is 2.46. The zero-order valence-corrected chi connectivity index (χ0v) is 7.01. The van der Waals surface area contributed by atoms with Crippen LogP contribution in [0.15, 0.2) is 18.2 Å². The second-order valence-corrected chi connectivity index (χ2v) is 2.96. The number of halogens is 2. The summed E-state index contributed by atoms with van der Waals surface area (Å²) < 4.78 is 24.8. The van der Waals surface area contributed by atoms with Crippen molar-refractivity contribution in [2.75, 3.05) is 0 Å². The van der Waals surface area contributed by atoms with Crippen LogP contribution >= 0.6 is 0 Å². The SMILES string of the molecule is Cc1ccc2n[nH]c(C(F)F)c2c1. The highest BCUT2D eigenvalue weighted by Gasteiger charge is 2.13. The third kappa shape index (κ3) is 1.28. The molecule has 1 aromatic carbocycles. The number of rotatable bonds is 1. The molecule has 0 aliphatic rings. The molecule has 1 aromatic heterocycles. The van der Waals surface area contributed by atoms with Crippen LogP contribution < -0.4 is 0 Å². The zero-order chi connectivity index (χ0) is 9.42. The number of hydrogen-bond acceptors (Lipinski definition) is 1. The first-order valence-corrected chi connectivity index (χ1v) is 3.91. The van der Waals surface area contributed by atoms with E-state index in [1.807, 2.05) is 13.0 Å². The predicted molar refractivity (Wildman–Crippen MR) is 45.8 cm³/mol. The van der Waals surface area contributed by atoms with Gasteiger partial charge in [-0.25, -0.2) is 8.78 Å². The lowest BCUT2D eigenvalue weighted by molar-refractivity contribution is 0.147. The Morgan fingerprint density at radius 1 is 1.38 bits per heavy atom. The van der Waals surface area contributed by atoms with E-state index in [-0.39, 0.29) is 5.69 Å². The third-order valence-corrected chi connectivity index (χ3v) is 1.96. The quantitative estimate of drug-likeness (QED) is 0.721. The molecule has 4 heteroatoms. The van der Waals surface area contributed by atoms with Crippen LogP contribution in [0.2, 0.25) is 0 Å². The summed E-state index contributed by atoms with van der Waals surface area (Å²) in [5, 5.41) is 6.63. The molecule has 1 N–H and O–H groups in total. The van der Waals surface area contributed by atoms with E-state index in [9.17, 15) is 8.78 Å². The third-order valence-electron chi connectivity index (χ3n) is 1.96. The van der Waals surface area contributed by atoms with E-state index in [0.717, 1.165) is 5.56 Å². The van der Waals surface area contributed by atoms with Gasteiger partial charge in [-0.05, 0) is 19.1 Å². The number of benzene rings is 1. The number of H-pyrrole nitrogens is 1. The molecular weight excluding hydrogens is 174 g/mol. The molecule has 13 heavy (non-hydrogen) atoms. The van der Waals surface area contributed by atoms with Crippen molar-refractivity contribution in [2.45, 2.75) is 13.3 Å². The number of hydrogen-bond donors (Lipinski definition) is 1. The Labute approximate surface area is 73.6 Å². The number of aryl methyl sites for hydroxylation is 1. The van der Waals surface area contributed by atoms with Crippen LogP contribution in [0.1, 0.15) is 17.7 Å². The summed E-state index contributed by atoms with van der Waals surface area (Å²) >= 11 is 0. The van der Waals surface area contributed by atoms with Crippen LogP contribution in [0, 0.1) is 6.92 Å². The van der Waals surface area contributed by atoms with Crippen LogP contribution in [0.3, 0.4) is 0 Å². The minimum Gasteiger partial charge on any atom is -0.276 e. The highest BCUT2D eigenvalue weighted by atomic mass is 19.3. The first kappa shape index (κ1) is 8.16. The minimum absolute atomic E-state index is 0.0984. The molecule has 68 valence electrons. The van der Waals surface area contributed by atoms with E-state index in [2.05, 4.69) is 10.2 Å². The van der Waals surface area contributed by atoms with Gasteiger partial charge >= 0.3 is 0 Å². The molecule has 2 rings (SSSR count). The molecule has 0 fully saturated rings. The Hall–Kier alpha value is -1.45. The number of aromatic nitrogens is 2. The van der Waals surface area contributed by atoms with Gasteiger partial charge in [0.1, 0.15) is 5.69 Å². The molecule has 0 saturated heterocycles. The van der Waals surface area contributed by atoms with Crippen molar-refractivity contribution < 1.29 is 8.78 Å². The van der Waals surface area contributed by atoms with Crippen molar-refractivity contribution in [3.8, 4) is 0 Å². The van der Waals surface area contributed by atoms with Gasteiger partial charge in [0.05, 0.1) is 5.52 Å². The fraction of sp³-hybridized carbons (Fsp3) is 0.222.